The molecule has 0 spiro atoms. The van der Waals surface area contributed by atoms with E-state index >= 15 is 0 Å². The third kappa shape index (κ3) is 5.01. The van der Waals surface area contributed by atoms with E-state index < -0.39 is 5.60 Å². The highest BCUT2D eigenvalue weighted by atomic mass is 16.6. The summed E-state index contributed by atoms with van der Waals surface area (Å²) in [6.45, 7) is 5.62. The number of alkyl carbamates (subject to hydrolysis) is 1. The van der Waals surface area contributed by atoms with Crippen molar-refractivity contribution in [2.75, 3.05) is 0 Å². The second-order valence-electron chi connectivity index (χ2n) is 7.29. The molecule has 0 heterocycles. The summed E-state index contributed by atoms with van der Waals surface area (Å²) in [6, 6.07) is 0.236. The lowest BCUT2D eigenvalue weighted by atomic mass is 9.82. The van der Waals surface area contributed by atoms with Gasteiger partial charge >= 0.3 is 6.09 Å². The predicted octanol–water partition coefficient (Wildman–Crippen LogP) is 2.98. The molecule has 0 aromatic rings. The lowest BCUT2D eigenvalue weighted by molar-refractivity contribution is 0.0475. The fourth-order valence-electron chi connectivity index (χ4n) is 2.87. The molecule has 2 saturated carbocycles. The fraction of sp³-hybridized carbons (Fsp3) is 0.933. The largest absolute Gasteiger partial charge is 0.444 e. The molecular formula is C15H27NO3. The maximum absolute atomic E-state index is 11.7. The summed E-state index contributed by atoms with van der Waals surface area (Å²) in [5.74, 6) is 0.629. The molecule has 110 valence electrons. The van der Waals surface area contributed by atoms with Crippen molar-refractivity contribution in [3.63, 3.8) is 0 Å². The van der Waals surface area contributed by atoms with Crippen molar-refractivity contribution in [2.45, 2.75) is 83.0 Å². The molecule has 0 aromatic heterocycles. The number of carbonyl (C=O) groups excluding carboxylic acids is 1. The van der Waals surface area contributed by atoms with E-state index in [-0.39, 0.29) is 17.7 Å². The van der Waals surface area contributed by atoms with Crippen LogP contribution in [0.15, 0.2) is 0 Å². The van der Waals surface area contributed by atoms with Crippen LogP contribution in [0, 0.1) is 5.92 Å². The van der Waals surface area contributed by atoms with Crippen molar-refractivity contribution in [1.82, 2.24) is 5.32 Å². The van der Waals surface area contributed by atoms with Gasteiger partial charge in [-0.05, 0) is 71.6 Å². The van der Waals surface area contributed by atoms with E-state index in [1.807, 2.05) is 20.8 Å². The Balaban J connectivity index is 1.67. The van der Waals surface area contributed by atoms with Crippen LogP contribution in [0.4, 0.5) is 4.79 Å². The van der Waals surface area contributed by atoms with Crippen molar-refractivity contribution >= 4 is 6.09 Å². The topological polar surface area (TPSA) is 58.6 Å². The van der Waals surface area contributed by atoms with E-state index in [1.165, 1.54) is 0 Å². The maximum Gasteiger partial charge on any atom is 0.407 e. The average molecular weight is 269 g/mol. The highest BCUT2D eigenvalue weighted by molar-refractivity contribution is 5.68. The summed E-state index contributed by atoms with van der Waals surface area (Å²) in [5.41, 5.74) is -0.771. The second kappa shape index (κ2) is 5.31. The number of hydrogen-bond acceptors (Lipinski definition) is 3. The van der Waals surface area contributed by atoms with Gasteiger partial charge in [-0.2, -0.15) is 0 Å². The summed E-state index contributed by atoms with van der Waals surface area (Å²) in [6.07, 6.45) is 6.79. The van der Waals surface area contributed by atoms with Gasteiger partial charge in [0, 0.05) is 6.04 Å². The van der Waals surface area contributed by atoms with Crippen LogP contribution in [0.3, 0.4) is 0 Å². The molecule has 0 atom stereocenters. The third-order valence-corrected chi connectivity index (χ3v) is 4.06. The molecule has 4 heteroatoms. The zero-order valence-corrected chi connectivity index (χ0v) is 12.4. The van der Waals surface area contributed by atoms with Crippen LogP contribution in [0.1, 0.15) is 65.7 Å². The molecule has 2 N–H and O–H groups in total. The number of amides is 1. The van der Waals surface area contributed by atoms with Gasteiger partial charge in [-0.1, -0.05) is 0 Å². The second-order valence-corrected chi connectivity index (χ2v) is 7.29. The molecule has 2 rings (SSSR count). The molecule has 2 fully saturated rings. The molecule has 0 aromatic carbocycles. The lowest BCUT2D eigenvalue weighted by Gasteiger charge is -2.31. The van der Waals surface area contributed by atoms with Crippen LogP contribution in [-0.4, -0.2) is 28.4 Å². The Bertz CT molecular complexity index is 323. The van der Waals surface area contributed by atoms with Crippen molar-refractivity contribution in [3.8, 4) is 0 Å². The summed E-state index contributed by atoms with van der Waals surface area (Å²) in [4.78, 5) is 11.7. The highest BCUT2D eigenvalue weighted by Crippen LogP contribution is 2.43. The monoisotopic (exact) mass is 269 g/mol. The summed E-state index contributed by atoms with van der Waals surface area (Å²) >= 11 is 0. The van der Waals surface area contributed by atoms with Gasteiger partial charge in [0.2, 0.25) is 0 Å². The van der Waals surface area contributed by atoms with Gasteiger partial charge in [-0.25, -0.2) is 4.79 Å². The first kappa shape index (κ1) is 14.6. The predicted molar refractivity (Wildman–Crippen MR) is 73.9 cm³/mol. The SMILES string of the molecule is CC(C)(C)OC(=O)NC1CCC(CC2(O)CC2)CC1. The standard InChI is InChI=1S/C15H27NO3/c1-14(2,3)19-13(17)16-12-6-4-11(5-7-12)10-15(18)8-9-15/h11-12,18H,4-10H2,1-3H3,(H,16,17). The molecule has 4 nitrogen and oxygen atoms in total. The van der Waals surface area contributed by atoms with Gasteiger partial charge in [0.15, 0.2) is 0 Å². The number of carbonyl (C=O) groups is 1. The zero-order chi connectivity index (χ0) is 14.1. The van der Waals surface area contributed by atoms with Gasteiger partial charge in [-0.3, -0.25) is 0 Å². The Morgan fingerprint density at radius 1 is 1.26 bits per heavy atom. The molecule has 2 aliphatic carbocycles. The number of hydrogen-bond donors (Lipinski definition) is 2. The smallest absolute Gasteiger partial charge is 0.407 e. The van der Waals surface area contributed by atoms with Crippen LogP contribution in [-0.2, 0) is 4.74 Å². The number of aliphatic hydroxyl groups is 1. The molecule has 2 aliphatic rings. The normalized spacial score (nSPS) is 29.7. The number of rotatable bonds is 3. The Morgan fingerprint density at radius 2 is 1.84 bits per heavy atom. The minimum atomic E-state index is -0.434. The molecular weight excluding hydrogens is 242 g/mol. The van der Waals surface area contributed by atoms with E-state index in [4.69, 9.17) is 4.74 Å². The van der Waals surface area contributed by atoms with Crippen LogP contribution >= 0.6 is 0 Å². The molecule has 0 radical (unpaired) electrons. The van der Waals surface area contributed by atoms with Crippen molar-refractivity contribution in [1.29, 1.82) is 0 Å². The first-order valence-electron chi connectivity index (χ1n) is 7.48. The third-order valence-electron chi connectivity index (χ3n) is 4.06. The molecule has 0 saturated heterocycles. The summed E-state index contributed by atoms with van der Waals surface area (Å²) in [5, 5.41) is 12.9. The Labute approximate surface area is 115 Å². The van der Waals surface area contributed by atoms with Crippen molar-refractivity contribution < 1.29 is 14.6 Å². The first-order chi connectivity index (χ1) is 8.76. The fourth-order valence-corrected chi connectivity index (χ4v) is 2.87. The minimum absolute atomic E-state index is 0.236. The van der Waals surface area contributed by atoms with E-state index in [2.05, 4.69) is 5.32 Å². The minimum Gasteiger partial charge on any atom is -0.444 e. The van der Waals surface area contributed by atoms with Gasteiger partial charge in [0.1, 0.15) is 5.60 Å². The van der Waals surface area contributed by atoms with E-state index in [0.717, 1.165) is 44.9 Å². The van der Waals surface area contributed by atoms with Gasteiger partial charge < -0.3 is 15.2 Å². The quantitative estimate of drug-likeness (QED) is 0.828. The van der Waals surface area contributed by atoms with Crippen LogP contribution in [0.25, 0.3) is 0 Å². The summed E-state index contributed by atoms with van der Waals surface area (Å²) in [7, 11) is 0. The maximum atomic E-state index is 11.7. The Morgan fingerprint density at radius 3 is 2.32 bits per heavy atom. The Hall–Kier alpha value is -0.770. The van der Waals surface area contributed by atoms with Gasteiger partial charge in [-0.15, -0.1) is 0 Å². The number of nitrogens with one attached hydrogen (secondary N) is 1. The van der Waals surface area contributed by atoms with Crippen LogP contribution < -0.4 is 5.32 Å². The first-order valence-corrected chi connectivity index (χ1v) is 7.48. The van der Waals surface area contributed by atoms with E-state index in [0.29, 0.717) is 5.92 Å². The Kier molecular flexibility index (Phi) is 4.09. The van der Waals surface area contributed by atoms with Crippen LogP contribution in [0.5, 0.6) is 0 Å². The van der Waals surface area contributed by atoms with Gasteiger partial charge in [0.25, 0.3) is 0 Å². The van der Waals surface area contributed by atoms with E-state index in [1.54, 1.807) is 0 Å². The molecule has 0 aliphatic heterocycles. The molecule has 1 amide bonds. The highest BCUT2D eigenvalue weighted by Gasteiger charge is 2.42. The van der Waals surface area contributed by atoms with Crippen molar-refractivity contribution in [3.05, 3.63) is 0 Å². The molecule has 0 unspecified atom stereocenters. The lowest BCUT2D eigenvalue weighted by Crippen LogP contribution is -2.41. The number of ether oxygens (including phenoxy) is 1. The zero-order valence-electron chi connectivity index (χ0n) is 12.4. The average Bonchev–Trinajstić information content (AvgIpc) is 2.96. The molecule has 0 bridgehead atoms. The van der Waals surface area contributed by atoms with E-state index in [9.17, 15) is 9.90 Å². The van der Waals surface area contributed by atoms with Crippen LogP contribution in [0.2, 0.25) is 0 Å². The summed E-state index contributed by atoms with van der Waals surface area (Å²) < 4.78 is 5.27. The molecule has 19 heavy (non-hydrogen) atoms. The van der Waals surface area contributed by atoms with Gasteiger partial charge in [0.05, 0.1) is 5.60 Å². The van der Waals surface area contributed by atoms with Crippen molar-refractivity contribution in [2.24, 2.45) is 5.92 Å².